The number of aryl methyl sites for hydroxylation is 2. The lowest BCUT2D eigenvalue weighted by atomic mass is 10.0. The van der Waals surface area contributed by atoms with E-state index in [0.29, 0.717) is 28.4 Å². The quantitative estimate of drug-likeness (QED) is 0.504. The molecule has 1 aliphatic rings. The number of rotatable bonds is 6. The lowest BCUT2D eigenvalue weighted by molar-refractivity contribution is -0.138. The summed E-state index contributed by atoms with van der Waals surface area (Å²) in [6.45, 7) is 7.72. The predicted molar refractivity (Wildman–Crippen MR) is 120 cm³/mol. The highest BCUT2D eigenvalue weighted by Crippen LogP contribution is 2.37. The first-order valence-corrected chi connectivity index (χ1v) is 10.1. The molecule has 6 heteroatoms. The van der Waals surface area contributed by atoms with E-state index in [1.165, 1.54) is 0 Å². The van der Waals surface area contributed by atoms with E-state index >= 15 is 0 Å². The Hall–Kier alpha value is -3.54. The number of esters is 1. The summed E-state index contributed by atoms with van der Waals surface area (Å²) in [7, 11) is 3.11. The molecule has 0 aromatic heterocycles. The number of hydrogen-bond acceptors (Lipinski definition) is 5. The van der Waals surface area contributed by atoms with Gasteiger partial charge in [-0.1, -0.05) is 12.1 Å². The highest BCUT2D eigenvalue weighted by atomic mass is 16.5. The number of carbonyl (C=O) groups is 2. The lowest BCUT2D eigenvalue weighted by Gasteiger charge is -2.19. The molecule has 2 aromatic rings. The molecule has 0 N–H and O–H groups in total. The maximum Gasteiger partial charge on any atom is 0.340 e. The fourth-order valence-corrected chi connectivity index (χ4v) is 3.57. The molecule has 0 spiro atoms. The Bertz CT molecular complexity index is 1100. The fourth-order valence-electron chi connectivity index (χ4n) is 3.57. The Morgan fingerprint density at radius 3 is 2.29 bits per heavy atom. The Labute approximate surface area is 182 Å². The van der Waals surface area contributed by atoms with Crippen LogP contribution in [0.25, 0.3) is 6.08 Å². The molecule has 0 radical (unpaired) electrons. The zero-order chi connectivity index (χ0) is 22.7. The summed E-state index contributed by atoms with van der Waals surface area (Å²) in [6.07, 6.45) is 1.68. The predicted octanol–water partition coefficient (Wildman–Crippen LogP) is 4.59. The summed E-state index contributed by atoms with van der Waals surface area (Å²) in [5.41, 5.74) is 4.69. The largest absolute Gasteiger partial charge is 0.493 e. The molecule has 6 nitrogen and oxygen atoms in total. The summed E-state index contributed by atoms with van der Waals surface area (Å²) < 4.78 is 15.9. The monoisotopic (exact) mass is 421 g/mol. The van der Waals surface area contributed by atoms with Crippen LogP contribution in [0.15, 0.2) is 53.2 Å². The van der Waals surface area contributed by atoms with Crippen LogP contribution in [0.1, 0.15) is 30.5 Å². The molecule has 0 aliphatic carbocycles. The summed E-state index contributed by atoms with van der Waals surface area (Å²) in [5, 5.41) is 0. The fraction of sp³-hybridized carbons (Fsp3) is 0.280. The summed E-state index contributed by atoms with van der Waals surface area (Å²) in [6, 6.07) is 11.1. The molecular formula is C25H27NO5. The summed E-state index contributed by atoms with van der Waals surface area (Å²) in [4.78, 5) is 27.8. The second-order valence-electron chi connectivity index (χ2n) is 7.26. The normalized spacial score (nSPS) is 15.0. The molecule has 0 saturated heterocycles. The molecule has 1 heterocycles. The van der Waals surface area contributed by atoms with Crippen molar-refractivity contribution in [3.05, 3.63) is 69.9 Å². The van der Waals surface area contributed by atoms with Crippen LogP contribution in [0.4, 0.5) is 5.69 Å². The van der Waals surface area contributed by atoms with Crippen molar-refractivity contribution in [2.45, 2.75) is 27.7 Å². The van der Waals surface area contributed by atoms with E-state index in [9.17, 15) is 9.59 Å². The van der Waals surface area contributed by atoms with Crippen molar-refractivity contribution in [3.63, 3.8) is 0 Å². The first-order valence-electron chi connectivity index (χ1n) is 10.1. The molecule has 2 aromatic carbocycles. The van der Waals surface area contributed by atoms with Gasteiger partial charge in [0.2, 0.25) is 0 Å². The number of hydrogen-bond donors (Lipinski definition) is 0. The van der Waals surface area contributed by atoms with Crippen LogP contribution in [0.5, 0.6) is 11.5 Å². The van der Waals surface area contributed by atoms with E-state index in [1.807, 2.05) is 32.0 Å². The number of methoxy groups -OCH3 is 2. The number of benzene rings is 2. The Kier molecular flexibility index (Phi) is 6.49. The number of anilines is 1. The highest BCUT2D eigenvalue weighted by Gasteiger charge is 2.38. The van der Waals surface area contributed by atoms with Crippen LogP contribution in [0.2, 0.25) is 0 Å². The minimum atomic E-state index is -0.522. The van der Waals surface area contributed by atoms with Gasteiger partial charge >= 0.3 is 5.97 Å². The molecule has 3 rings (SSSR count). The van der Waals surface area contributed by atoms with Crippen molar-refractivity contribution in [3.8, 4) is 11.5 Å². The third-order valence-corrected chi connectivity index (χ3v) is 5.35. The van der Waals surface area contributed by atoms with Gasteiger partial charge in [-0.2, -0.15) is 0 Å². The maximum atomic E-state index is 13.5. The molecule has 0 saturated carbocycles. The van der Waals surface area contributed by atoms with Crippen molar-refractivity contribution in [1.29, 1.82) is 0 Å². The number of carbonyl (C=O) groups excluding carboxylic acids is 2. The second-order valence-corrected chi connectivity index (χ2v) is 7.26. The van der Waals surface area contributed by atoms with Crippen LogP contribution in [0, 0.1) is 13.8 Å². The minimum Gasteiger partial charge on any atom is -0.493 e. The van der Waals surface area contributed by atoms with Gasteiger partial charge in [0.15, 0.2) is 11.5 Å². The average Bonchev–Trinajstić information content (AvgIpc) is 2.99. The number of ether oxygens (including phenoxy) is 3. The van der Waals surface area contributed by atoms with Gasteiger partial charge in [-0.15, -0.1) is 0 Å². The first kappa shape index (κ1) is 22.2. The van der Waals surface area contributed by atoms with Gasteiger partial charge in [0, 0.05) is 11.4 Å². The number of nitrogens with zero attached hydrogens (tertiary/aromatic N) is 1. The number of allylic oxidation sites excluding steroid dienone is 1. The molecule has 162 valence electrons. The minimum absolute atomic E-state index is 0.219. The molecule has 1 amide bonds. The smallest absolute Gasteiger partial charge is 0.340 e. The van der Waals surface area contributed by atoms with E-state index < -0.39 is 5.97 Å². The van der Waals surface area contributed by atoms with Gasteiger partial charge in [0.25, 0.3) is 5.91 Å². The van der Waals surface area contributed by atoms with Crippen molar-refractivity contribution >= 4 is 23.6 Å². The zero-order valence-corrected chi connectivity index (χ0v) is 18.7. The van der Waals surface area contributed by atoms with Gasteiger partial charge < -0.3 is 14.2 Å². The molecular weight excluding hydrogens is 394 g/mol. The van der Waals surface area contributed by atoms with Crippen LogP contribution >= 0.6 is 0 Å². The molecule has 0 fully saturated rings. The lowest BCUT2D eigenvalue weighted by Crippen LogP contribution is -2.24. The van der Waals surface area contributed by atoms with E-state index in [-0.39, 0.29) is 23.7 Å². The zero-order valence-electron chi connectivity index (χ0n) is 18.7. The van der Waals surface area contributed by atoms with Crippen molar-refractivity contribution in [2.24, 2.45) is 0 Å². The highest BCUT2D eigenvalue weighted by molar-refractivity contribution is 6.23. The van der Waals surface area contributed by atoms with Crippen molar-refractivity contribution in [1.82, 2.24) is 0 Å². The Morgan fingerprint density at radius 1 is 0.968 bits per heavy atom. The van der Waals surface area contributed by atoms with Gasteiger partial charge in [0.05, 0.1) is 32.0 Å². The van der Waals surface area contributed by atoms with Crippen LogP contribution in [-0.4, -0.2) is 32.7 Å². The van der Waals surface area contributed by atoms with E-state index in [0.717, 1.165) is 11.1 Å². The van der Waals surface area contributed by atoms with E-state index in [2.05, 4.69) is 0 Å². The molecule has 0 atom stereocenters. The molecule has 31 heavy (non-hydrogen) atoms. The van der Waals surface area contributed by atoms with Gasteiger partial charge in [-0.25, -0.2) is 4.79 Å². The van der Waals surface area contributed by atoms with Crippen LogP contribution < -0.4 is 14.4 Å². The van der Waals surface area contributed by atoms with Crippen LogP contribution in [-0.2, 0) is 14.3 Å². The molecule has 0 bridgehead atoms. The average molecular weight is 421 g/mol. The maximum absolute atomic E-state index is 13.5. The third kappa shape index (κ3) is 4.19. The number of amides is 1. The Balaban J connectivity index is 2.14. The third-order valence-electron chi connectivity index (χ3n) is 5.35. The SMILES string of the molecule is CCOC(=O)C1=C(C)N(c2ccc(C)c(C)c2)C(=O)C1=Cc1ccc(OC)c(OC)c1. The van der Waals surface area contributed by atoms with Crippen LogP contribution in [0.3, 0.4) is 0 Å². The molecule has 1 aliphatic heterocycles. The van der Waals surface area contributed by atoms with Gasteiger partial charge in [-0.3, -0.25) is 9.69 Å². The van der Waals surface area contributed by atoms with E-state index in [4.69, 9.17) is 14.2 Å². The first-order chi connectivity index (χ1) is 14.8. The molecule has 0 unspecified atom stereocenters. The van der Waals surface area contributed by atoms with Crippen molar-refractivity contribution in [2.75, 3.05) is 25.7 Å². The van der Waals surface area contributed by atoms with Gasteiger partial charge in [0.1, 0.15) is 0 Å². The standard InChI is InChI=1S/C25H27NO5/c1-7-31-25(28)23-17(4)26(19-10-8-15(2)16(3)12-19)24(27)20(23)13-18-9-11-21(29-5)22(14-18)30-6/h8-14H,7H2,1-6H3. The summed E-state index contributed by atoms with van der Waals surface area (Å²) >= 11 is 0. The topological polar surface area (TPSA) is 65.1 Å². The Morgan fingerprint density at radius 2 is 1.68 bits per heavy atom. The van der Waals surface area contributed by atoms with Gasteiger partial charge in [-0.05, 0) is 74.7 Å². The second kappa shape index (κ2) is 9.08. The van der Waals surface area contributed by atoms with E-state index in [1.54, 1.807) is 57.2 Å². The summed E-state index contributed by atoms with van der Waals surface area (Å²) in [5.74, 6) is 0.313. The van der Waals surface area contributed by atoms with Crippen molar-refractivity contribution < 1.29 is 23.8 Å².